The Labute approximate surface area is 90.7 Å². The second-order valence-corrected chi connectivity index (χ2v) is 6.43. The van der Waals surface area contributed by atoms with Crippen LogP contribution in [0.4, 0.5) is 0 Å². The van der Waals surface area contributed by atoms with Gasteiger partial charge in [0, 0.05) is 32.4 Å². The van der Waals surface area contributed by atoms with E-state index in [-0.39, 0.29) is 23.6 Å². The Morgan fingerprint density at radius 3 is 2.40 bits per heavy atom. The molecular formula is C9H18N2O3S. The van der Waals surface area contributed by atoms with Gasteiger partial charge >= 0.3 is 0 Å². The minimum Gasteiger partial charge on any atom is -0.342 e. The van der Waals surface area contributed by atoms with Gasteiger partial charge in [0.1, 0.15) is 9.84 Å². The molecule has 1 atom stereocenters. The summed E-state index contributed by atoms with van der Waals surface area (Å²) in [5, 5.41) is 3.02. The van der Waals surface area contributed by atoms with E-state index in [0.29, 0.717) is 13.1 Å². The highest BCUT2D eigenvalue weighted by atomic mass is 32.2. The number of sulfone groups is 1. The van der Waals surface area contributed by atoms with Gasteiger partial charge in [-0.2, -0.15) is 0 Å². The molecule has 0 spiro atoms. The maximum absolute atomic E-state index is 11.7. The molecule has 1 aliphatic rings. The lowest BCUT2D eigenvalue weighted by Gasteiger charge is -2.33. The highest BCUT2D eigenvalue weighted by molar-refractivity contribution is 7.90. The number of carbonyl (C=O) groups is 1. The highest BCUT2D eigenvalue weighted by Crippen LogP contribution is 2.10. The zero-order valence-electron chi connectivity index (χ0n) is 9.36. The van der Waals surface area contributed by atoms with Crippen LogP contribution >= 0.6 is 0 Å². The van der Waals surface area contributed by atoms with Gasteiger partial charge in [-0.15, -0.1) is 0 Å². The Morgan fingerprint density at radius 1 is 1.53 bits per heavy atom. The molecule has 88 valence electrons. The first-order valence-electron chi connectivity index (χ1n) is 4.96. The quantitative estimate of drug-likeness (QED) is 0.684. The molecule has 1 fully saturated rings. The van der Waals surface area contributed by atoms with Crippen molar-refractivity contribution >= 4 is 15.7 Å². The summed E-state index contributed by atoms with van der Waals surface area (Å²) in [4.78, 5) is 13.3. The molecular weight excluding hydrogens is 216 g/mol. The largest absolute Gasteiger partial charge is 0.342 e. The van der Waals surface area contributed by atoms with Crippen LogP contribution in [0.25, 0.3) is 0 Å². The number of nitrogens with zero attached hydrogens (tertiary/aromatic N) is 1. The molecule has 1 heterocycles. The van der Waals surface area contributed by atoms with Crippen LogP contribution in [0.5, 0.6) is 0 Å². The van der Waals surface area contributed by atoms with Gasteiger partial charge in [-0.25, -0.2) is 8.42 Å². The maximum atomic E-state index is 11.7. The fraction of sp³-hybridized carbons (Fsp3) is 0.889. The van der Waals surface area contributed by atoms with E-state index in [1.807, 2.05) is 0 Å². The van der Waals surface area contributed by atoms with Crippen LogP contribution in [0.2, 0.25) is 0 Å². The number of rotatable bonds is 4. The minimum atomic E-state index is -3.03. The summed E-state index contributed by atoms with van der Waals surface area (Å²) in [5.74, 6) is 0.0805. The molecule has 5 nitrogen and oxygen atoms in total. The smallest absolute Gasteiger partial charge is 0.228 e. The third kappa shape index (κ3) is 3.46. The van der Waals surface area contributed by atoms with Crippen molar-refractivity contribution < 1.29 is 13.2 Å². The van der Waals surface area contributed by atoms with Crippen LogP contribution in [0.3, 0.4) is 0 Å². The maximum Gasteiger partial charge on any atom is 0.228 e. The average molecular weight is 234 g/mol. The molecule has 6 heteroatoms. The molecule has 1 amide bonds. The molecule has 1 saturated heterocycles. The second kappa shape index (κ2) is 4.49. The van der Waals surface area contributed by atoms with Crippen molar-refractivity contribution in [2.75, 3.05) is 32.1 Å². The van der Waals surface area contributed by atoms with Gasteiger partial charge in [0.05, 0.1) is 11.7 Å². The van der Waals surface area contributed by atoms with E-state index < -0.39 is 9.84 Å². The summed E-state index contributed by atoms with van der Waals surface area (Å²) in [7, 11) is -1.36. The summed E-state index contributed by atoms with van der Waals surface area (Å²) >= 11 is 0. The van der Waals surface area contributed by atoms with Crippen molar-refractivity contribution in [2.45, 2.75) is 13.0 Å². The van der Waals surface area contributed by atoms with Gasteiger partial charge in [-0.3, -0.25) is 4.79 Å². The normalized spacial score (nSPS) is 19.4. The van der Waals surface area contributed by atoms with Crippen molar-refractivity contribution in [1.82, 2.24) is 10.2 Å². The second-order valence-electron chi connectivity index (χ2n) is 4.25. The van der Waals surface area contributed by atoms with E-state index in [1.165, 1.54) is 11.2 Å². The lowest BCUT2D eigenvalue weighted by atomic mass is 10.0. The van der Waals surface area contributed by atoms with Gasteiger partial charge in [0.25, 0.3) is 0 Å². The van der Waals surface area contributed by atoms with Crippen LogP contribution in [0.1, 0.15) is 6.92 Å². The number of amides is 1. The SMILES string of the molecule is CC(CS(C)(=O)=O)N(C)C(=O)C1CNC1. The molecule has 1 N–H and O–H groups in total. The fourth-order valence-electron chi connectivity index (χ4n) is 1.52. The Morgan fingerprint density at radius 2 is 2.07 bits per heavy atom. The molecule has 0 bridgehead atoms. The summed E-state index contributed by atoms with van der Waals surface area (Å²) in [6.45, 7) is 3.16. The van der Waals surface area contributed by atoms with Crippen molar-refractivity contribution in [3.8, 4) is 0 Å². The molecule has 1 aliphatic heterocycles. The lowest BCUT2D eigenvalue weighted by Crippen LogP contribution is -2.53. The molecule has 0 aromatic carbocycles. The van der Waals surface area contributed by atoms with Crippen LogP contribution in [0.15, 0.2) is 0 Å². The first-order chi connectivity index (χ1) is 6.81. The van der Waals surface area contributed by atoms with E-state index in [1.54, 1.807) is 14.0 Å². The van der Waals surface area contributed by atoms with Crippen molar-refractivity contribution in [3.63, 3.8) is 0 Å². The molecule has 1 rings (SSSR count). The third-order valence-electron chi connectivity index (χ3n) is 2.68. The van der Waals surface area contributed by atoms with E-state index in [2.05, 4.69) is 5.32 Å². The van der Waals surface area contributed by atoms with Crippen molar-refractivity contribution in [3.05, 3.63) is 0 Å². The summed E-state index contributed by atoms with van der Waals surface area (Å²) in [5.41, 5.74) is 0. The zero-order valence-corrected chi connectivity index (χ0v) is 10.2. The molecule has 0 aromatic rings. The predicted octanol–water partition coefficient (Wildman–Crippen LogP) is -0.903. The standard InChI is InChI=1S/C9H18N2O3S/c1-7(6-15(3,13)14)11(2)9(12)8-4-10-5-8/h7-8,10H,4-6H2,1-3H3. The fourth-order valence-corrected chi connectivity index (χ4v) is 2.62. The van der Waals surface area contributed by atoms with Gasteiger partial charge in [0.2, 0.25) is 5.91 Å². The first-order valence-corrected chi connectivity index (χ1v) is 7.02. The Balaban J connectivity index is 2.51. The van der Waals surface area contributed by atoms with Gasteiger partial charge < -0.3 is 10.2 Å². The topological polar surface area (TPSA) is 66.5 Å². The summed E-state index contributed by atoms with van der Waals surface area (Å²) < 4.78 is 22.1. The molecule has 0 aromatic heterocycles. The average Bonchev–Trinajstić information content (AvgIpc) is 1.96. The molecule has 0 aliphatic carbocycles. The number of carbonyl (C=O) groups excluding carboxylic acids is 1. The van der Waals surface area contributed by atoms with Crippen LogP contribution in [0, 0.1) is 5.92 Å². The minimum absolute atomic E-state index is 0.0232. The first kappa shape index (κ1) is 12.4. The van der Waals surface area contributed by atoms with E-state index in [4.69, 9.17) is 0 Å². The third-order valence-corrected chi connectivity index (χ3v) is 3.77. The van der Waals surface area contributed by atoms with Crippen molar-refractivity contribution in [2.24, 2.45) is 5.92 Å². The zero-order chi connectivity index (χ0) is 11.6. The van der Waals surface area contributed by atoms with E-state index in [9.17, 15) is 13.2 Å². The van der Waals surface area contributed by atoms with Crippen LogP contribution in [-0.4, -0.2) is 57.4 Å². The van der Waals surface area contributed by atoms with Crippen LogP contribution < -0.4 is 5.32 Å². The molecule has 0 saturated carbocycles. The van der Waals surface area contributed by atoms with Gasteiger partial charge in [-0.05, 0) is 6.92 Å². The lowest BCUT2D eigenvalue weighted by molar-refractivity contribution is -0.137. The summed E-state index contributed by atoms with van der Waals surface area (Å²) in [6, 6.07) is -0.256. The van der Waals surface area contributed by atoms with Crippen LogP contribution in [-0.2, 0) is 14.6 Å². The summed E-state index contributed by atoms with van der Waals surface area (Å²) in [6.07, 6.45) is 1.19. The Hall–Kier alpha value is -0.620. The number of hydrogen-bond acceptors (Lipinski definition) is 4. The highest BCUT2D eigenvalue weighted by Gasteiger charge is 2.30. The van der Waals surface area contributed by atoms with E-state index in [0.717, 1.165) is 0 Å². The van der Waals surface area contributed by atoms with Crippen molar-refractivity contribution in [1.29, 1.82) is 0 Å². The van der Waals surface area contributed by atoms with Gasteiger partial charge in [-0.1, -0.05) is 0 Å². The Kier molecular flexibility index (Phi) is 3.72. The monoisotopic (exact) mass is 234 g/mol. The van der Waals surface area contributed by atoms with Gasteiger partial charge in [0.15, 0.2) is 0 Å². The Bertz CT molecular complexity index is 335. The van der Waals surface area contributed by atoms with E-state index >= 15 is 0 Å². The predicted molar refractivity (Wildman–Crippen MR) is 58.3 cm³/mol. The number of hydrogen-bond donors (Lipinski definition) is 1. The molecule has 0 radical (unpaired) electrons. The molecule has 15 heavy (non-hydrogen) atoms. The molecule has 1 unspecified atom stereocenters. The number of nitrogens with one attached hydrogen (secondary N) is 1.